The van der Waals surface area contributed by atoms with Gasteiger partial charge in [0.2, 0.25) is 0 Å². The van der Waals surface area contributed by atoms with Gasteiger partial charge in [-0.25, -0.2) is 9.48 Å². The number of hydrogen-bond donors (Lipinski definition) is 0. The second kappa shape index (κ2) is 7.74. The third-order valence-electron chi connectivity index (χ3n) is 4.25. The lowest BCUT2D eigenvalue weighted by Crippen LogP contribution is -2.24. The summed E-state index contributed by atoms with van der Waals surface area (Å²) in [7, 11) is 0. The molecular formula is C21H17N3O3S. The van der Waals surface area contributed by atoms with Gasteiger partial charge in [0.1, 0.15) is 0 Å². The lowest BCUT2D eigenvalue weighted by molar-refractivity contribution is 0.0526. The van der Waals surface area contributed by atoms with E-state index in [1.54, 1.807) is 25.1 Å². The second-order valence-corrected chi connectivity index (χ2v) is 7.20. The van der Waals surface area contributed by atoms with Crippen LogP contribution in [0.25, 0.3) is 20.7 Å². The van der Waals surface area contributed by atoms with Crippen molar-refractivity contribution in [3.05, 3.63) is 82.1 Å². The quantitative estimate of drug-likeness (QED) is 0.485. The minimum absolute atomic E-state index is 0.204. The standard InChI is InChI=1S/C21H17N3O3S/c1-2-27-21(26)16-10-6-7-14(11-16)13-24-20(25)17-12-18(28-19(17)22-23-24)15-8-4-3-5-9-15/h3-12H,2,13H2,1H3. The monoisotopic (exact) mass is 391 g/mol. The molecule has 0 amide bonds. The summed E-state index contributed by atoms with van der Waals surface area (Å²) in [6, 6.07) is 18.7. The van der Waals surface area contributed by atoms with Gasteiger partial charge in [-0.05, 0) is 36.2 Å². The number of ether oxygens (including phenoxy) is 1. The van der Waals surface area contributed by atoms with E-state index in [1.807, 2.05) is 42.5 Å². The van der Waals surface area contributed by atoms with Crippen LogP contribution in [0, 0.1) is 0 Å². The summed E-state index contributed by atoms with van der Waals surface area (Å²) in [6.45, 7) is 2.30. The molecule has 2 aromatic carbocycles. The van der Waals surface area contributed by atoms with E-state index in [-0.39, 0.29) is 18.1 Å². The van der Waals surface area contributed by atoms with Gasteiger partial charge in [-0.3, -0.25) is 4.79 Å². The lowest BCUT2D eigenvalue weighted by atomic mass is 10.1. The van der Waals surface area contributed by atoms with E-state index < -0.39 is 0 Å². The van der Waals surface area contributed by atoms with Gasteiger partial charge >= 0.3 is 5.97 Å². The second-order valence-electron chi connectivity index (χ2n) is 6.17. The largest absolute Gasteiger partial charge is 0.462 e. The predicted octanol–water partition coefficient (Wildman–Crippen LogP) is 3.75. The molecule has 140 valence electrons. The number of carbonyl (C=O) groups is 1. The molecule has 0 radical (unpaired) electrons. The SMILES string of the molecule is CCOC(=O)c1cccc(Cn2nnc3sc(-c4ccccc4)cc3c2=O)c1. The zero-order chi connectivity index (χ0) is 19.5. The van der Waals surface area contributed by atoms with Crippen LogP contribution in [-0.4, -0.2) is 27.6 Å². The molecule has 0 saturated heterocycles. The molecule has 2 heterocycles. The van der Waals surface area contributed by atoms with Gasteiger partial charge in [-0.2, -0.15) is 0 Å². The Morgan fingerprint density at radius 3 is 2.71 bits per heavy atom. The van der Waals surface area contributed by atoms with Crippen molar-refractivity contribution in [2.24, 2.45) is 0 Å². The average Bonchev–Trinajstić information content (AvgIpc) is 3.16. The molecule has 4 rings (SSSR count). The molecule has 0 bridgehead atoms. The van der Waals surface area contributed by atoms with Gasteiger partial charge in [0, 0.05) is 4.88 Å². The summed E-state index contributed by atoms with van der Waals surface area (Å²) in [5.74, 6) is -0.386. The van der Waals surface area contributed by atoms with Gasteiger partial charge in [-0.15, -0.1) is 16.4 Å². The maximum atomic E-state index is 12.9. The van der Waals surface area contributed by atoms with E-state index in [9.17, 15) is 9.59 Å². The van der Waals surface area contributed by atoms with E-state index >= 15 is 0 Å². The van der Waals surface area contributed by atoms with Crippen molar-refractivity contribution in [3.63, 3.8) is 0 Å². The summed E-state index contributed by atoms with van der Waals surface area (Å²) in [5, 5.41) is 8.82. The van der Waals surface area contributed by atoms with E-state index in [2.05, 4.69) is 10.3 Å². The molecule has 0 N–H and O–H groups in total. The molecule has 7 heteroatoms. The first-order valence-corrected chi connectivity index (χ1v) is 9.66. The molecule has 0 atom stereocenters. The number of thiophene rings is 1. The molecule has 4 aromatic rings. The van der Waals surface area contributed by atoms with Crippen LogP contribution in [0.2, 0.25) is 0 Å². The summed E-state index contributed by atoms with van der Waals surface area (Å²) in [4.78, 5) is 26.4. The molecule has 0 aliphatic rings. The number of esters is 1. The molecule has 0 fully saturated rings. The Kier molecular flexibility index (Phi) is 4.99. The topological polar surface area (TPSA) is 74.1 Å². The van der Waals surface area contributed by atoms with Crippen LogP contribution in [0.4, 0.5) is 0 Å². The van der Waals surface area contributed by atoms with Crippen LogP contribution in [-0.2, 0) is 11.3 Å². The first-order chi connectivity index (χ1) is 13.7. The van der Waals surface area contributed by atoms with Crippen molar-refractivity contribution < 1.29 is 9.53 Å². The van der Waals surface area contributed by atoms with Gasteiger partial charge in [-0.1, -0.05) is 47.7 Å². The Morgan fingerprint density at radius 2 is 1.93 bits per heavy atom. The Hall–Kier alpha value is -3.32. The Morgan fingerprint density at radius 1 is 1.11 bits per heavy atom. The Labute approximate surface area is 165 Å². The third-order valence-corrected chi connectivity index (χ3v) is 5.32. The van der Waals surface area contributed by atoms with E-state index in [4.69, 9.17) is 4.74 Å². The van der Waals surface area contributed by atoms with Crippen LogP contribution in [0.15, 0.2) is 65.5 Å². The Balaban J connectivity index is 1.67. The number of benzene rings is 2. The first kappa shape index (κ1) is 18.1. The number of fused-ring (bicyclic) bond motifs is 1. The maximum Gasteiger partial charge on any atom is 0.338 e. The highest BCUT2D eigenvalue weighted by molar-refractivity contribution is 7.21. The minimum atomic E-state index is -0.386. The number of carbonyl (C=O) groups excluding carboxylic acids is 1. The highest BCUT2D eigenvalue weighted by Gasteiger charge is 2.13. The minimum Gasteiger partial charge on any atom is -0.462 e. The van der Waals surface area contributed by atoms with Crippen LogP contribution < -0.4 is 5.56 Å². The van der Waals surface area contributed by atoms with E-state index in [0.29, 0.717) is 22.4 Å². The lowest BCUT2D eigenvalue weighted by Gasteiger charge is -2.06. The molecular weight excluding hydrogens is 374 g/mol. The highest BCUT2D eigenvalue weighted by Crippen LogP contribution is 2.30. The van der Waals surface area contributed by atoms with Crippen molar-refractivity contribution in [2.45, 2.75) is 13.5 Å². The number of hydrogen-bond acceptors (Lipinski definition) is 6. The molecule has 6 nitrogen and oxygen atoms in total. The average molecular weight is 391 g/mol. The maximum absolute atomic E-state index is 12.9. The molecule has 0 aliphatic heterocycles. The van der Waals surface area contributed by atoms with Crippen LogP contribution in [0.5, 0.6) is 0 Å². The van der Waals surface area contributed by atoms with Crippen LogP contribution in [0.3, 0.4) is 0 Å². The number of nitrogens with zero attached hydrogens (tertiary/aromatic N) is 3. The van der Waals surface area contributed by atoms with Crippen LogP contribution in [0.1, 0.15) is 22.8 Å². The fourth-order valence-corrected chi connectivity index (χ4v) is 3.89. The van der Waals surface area contributed by atoms with Gasteiger partial charge in [0.15, 0.2) is 4.83 Å². The highest BCUT2D eigenvalue weighted by atomic mass is 32.1. The van der Waals surface area contributed by atoms with Crippen LogP contribution >= 0.6 is 11.3 Å². The fourth-order valence-electron chi connectivity index (χ4n) is 2.92. The van der Waals surface area contributed by atoms with Crippen molar-refractivity contribution in [1.82, 2.24) is 15.0 Å². The smallest absolute Gasteiger partial charge is 0.338 e. The third kappa shape index (κ3) is 3.57. The van der Waals surface area contributed by atoms with Crippen molar-refractivity contribution in [3.8, 4) is 10.4 Å². The van der Waals surface area contributed by atoms with Gasteiger partial charge < -0.3 is 4.74 Å². The molecule has 0 spiro atoms. The number of aromatic nitrogens is 3. The molecule has 0 saturated carbocycles. The summed E-state index contributed by atoms with van der Waals surface area (Å²) in [5.41, 5.74) is 2.06. The van der Waals surface area contributed by atoms with Gasteiger partial charge in [0.25, 0.3) is 5.56 Å². The van der Waals surface area contributed by atoms with Gasteiger partial charge in [0.05, 0.1) is 24.1 Å². The molecule has 0 unspecified atom stereocenters. The Bertz CT molecular complexity index is 1200. The van der Waals surface area contributed by atoms with E-state index in [1.165, 1.54) is 16.0 Å². The van der Waals surface area contributed by atoms with Crippen molar-refractivity contribution in [2.75, 3.05) is 6.61 Å². The van der Waals surface area contributed by atoms with Crippen molar-refractivity contribution >= 4 is 27.5 Å². The fraction of sp³-hybridized carbons (Fsp3) is 0.143. The zero-order valence-corrected chi connectivity index (χ0v) is 16.0. The summed E-state index contributed by atoms with van der Waals surface area (Å²) < 4.78 is 6.34. The normalized spacial score (nSPS) is 10.9. The van der Waals surface area contributed by atoms with E-state index in [0.717, 1.165) is 16.0 Å². The summed E-state index contributed by atoms with van der Waals surface area (Å²) in [6.07, 6.45) is 0. The predicted molar refractivity (Wildman–Crippen MR) is 109 cm³/mol. The zero-order valence-electron chi connectivity index (χ0n) is 15.2. The first-order valence-electron chi connectivity index (χ1n) is 8.84. The number of rotatable bonds is 5. The molecule has 2 aromatic heterocycles. The summed E-state index contributed by atoms with van der Waals surface area (Å²) >= 11 is 1.44. The van der Waals surface area contributed by atoms with Crippen molar-refractivity contribution in [1.29, 1.82) is 0 Å². The molecule has 0 aliphatic carbocycles. The molecule has 28 heavy (non-hydrogen) atoms.